The minimum absolute atomic E-state index is 0.0786. The second-order valence-corrected chi connectivity index (χ2v) is 5.13. The van der Waals surface area contributed by atoms with E-state index in [-0.39, 0.29) is 11.7 Å². The molecule has 0 spiro atoms. The standard InChI is InChI=1S/C8H12N4O2S2/c1-2-3-6(14)10-7-11-12-8(16-7)15-4-5(9)13/h2-4H2,1H3,(H2,9,13)(H,10,11,14). The summed E-state index contributed by atoms with van der Waals surface area (Å²) in [6.07, 6.45) is 1.25. The van der Waals surface area contributed by atoms with Gasteiger partial charge in [0.25, 0.3) is 0 Å². The van der Waals surface area contributed by atoms with Crippen molar-refractivity contribution in [2.24, 2.45) is 5.73 Å². The summed E-state index contributed by atoms with van der Waals surface area (Å²) in [5, 5.41) is 10.7. The van der Waals surface area contributed by atoms with Gasteiger partial charge in [-0.25, -0.2) is 0 Å². The molecule has 1 aromatic heterocycles. The summed E-state index contributed by atoms with van der Waals surface area (Å²) >= 11 is 2.44. The van der Waals surface area contributed by atoms with Crippen LogP contribution in [0.1, 0.15) is 19.8 Å². The number of hydrogen-bond acceptors (Lipinski definition) is 6. The molecule has 0 radical (unpaired) electrons. The number of nitrogens with zero attached hydrogens (tertiary/aromatic N) is 2. The molecule has 2 amide bonds. The Morgan fingerprint density at radius 1 is 1.50 bits per heavy atom. The molecule has 0 bridgehead atoms. The van der Waals surface area contributed by atoms with Crippen LogP contribution in [0.5, 0.6) is 0 Å². The van der Waals surface area contributed by atoms with Crippen LogP contribution in [0.15, 0.2) is 4.34 Å². The van der Waals surface area contributed by atoms with E-state index in [0.29, 0.717) is 15.9 Å². The highest BCUT2D eigenvalue weighted by Crippen LogP contribution is 2.25. The van der Waals surface area contributed by atoms with Gasteiger partial charge in [0.15, 0.2) is 4.34 Å². The average molecular weight is 260 g/mol. The van der Waals surface area contributed by atoms with E-state index in [1.54, 1.807) is 0 Å². The highest BCUT2D eigenvalue weighted by atomic mass is 32.2. The van der Waals surface area contributed by atoms with Gasteiger partial charge in [-0.2, -0.15) is 0 Å². The third-order valence-corrected chi connectivity index (χ3v) is 3.46. The topological polar surface area (TPSA) is 98.0 Å². The molecule has 0 aliphatic carbocycles. The van der Waals surface area contributed by atoms with E-state index in [1.165, 1.54) is 23.1 Å². The summed E-state index contributed by atoms with van der Waals surface area (Å²) in [6, 6.07) is 0. The fraction of sp³-hybridized carbons (Fsp3) is 0.500. The number of nitrogens with one attached hydrogen (secondary N) is 1. The lowest BCUT2D eigenvalue weighted by Gasteiger charge is -1.96. The maximum absolute atomic E-state index is 11.2. The predicted octanol–water partition coefficient (Wildman–Crippen LogP) is 0.854. The maximum Gasteiger partial charge on any atom is 0.227 e. The molecule has 0 saturated heterocycles. The van der Waals surface area contributed by atoms with Crippen molar-refractivity contribution in [2.75, 3.05) is 11.1 Å². The lowest BCUT2D eigenvalue weighted by molar-refractivity contribution is -0.116. The summed E-state index contributed by atoms with van der Waals surface area (Å²) in [4.78, 5) is 21.8. The molecule has 0 aliphatic heterocycles. The third kappa shape index (κ3) is 4.58. The van der Waals surface area contributed by atoms with Gasteiger partial charge in [-0.05, 0) is 6.42 Å². The summed E-state index contributed by atoms with van der Waals surface area (Å²) in [6.45, 7) is 1.92. The molecule has 6 nitrogen and oxygen atoms in total. The molecule has 1 aromatic rings. The Kier molecular flexibility index (Phi) is 5.20. The average Bonchev–Trinajstić information content (AvgIpc) is 2.63. The first-order valence-electron chi connectivity index (χ1n) is 4.66. The Bertz CT molecular complexity index is 380. The Balaban J connectivity index is 2.45. The van der Waals surface area contributed by atoms with Crippen LogP contribution in [0.25, 0.3) is 0 Å². The number of carbonyl (C=O) groups is 2. The molecule has 0 atom stereocenters. The molecule has 3 N–H and O–H groups in total. The molecule has 1 heterocycles. The van der Waals surface area contributed by atoms with Crippen molar-refractivity contribution in [3.05, 3.63) is 0 Å². The van der Waals surface area contributed by atoms with E-state index >= 15 is 0 Å². The molecule has 88 valence electrons. The van der Waals surface area contributed by atoms with Crippen molar-refractivity contribution < 1.29 is 9.59 Å². The second kappa shape index (κ2) is 6.44. The zero-order valence-corrected chi connectivity index (χ0v) is 10.4. The molecule has 0 saturated carbocycles. The summed E-state index contributed by atoms with van der Waals surface area (Å²) < 4.78 is 0.616. The first kappa shape index (κ1) is 12.9. The van der Waals surface area contributed by atoms with Crippen molar-refractivity contribution in [3.63, 3.8) is 0 Å². The van der Waals surface area contributed by atoms with Crippen LogP contribution in [0.2, 0.25) is 0 Å². The quantitative estimate of drug-likeness (QED) is 0.584. The van der Waals surface area contributed by atoms with Gasteiger partial charge in [0, 0.05) is 6.42 Å². The Labute approximate surface area is 101 Å². The van der Waals surface area contributed by atoms with Gasteiger partial charge in [0.2, 0.25) is 16.9 Å². The Morgan fingerprint density at radius 2 is 2.25 bits per heavy atom. The first-order valence-corrected chi connectivity index (χ1v) is 6.46. The molecule has 0 aromatic carbocycles. The summed E-state index contributed by atoms with van der Waals surface area (Å²) in [5.41, 5.74) is 4.99. The smallest absolute Gasteiger partial charge is 0.227 e. The van der Waals surface area contributed by atoms with Crippen LogP contribution in [-0.2, 0) is 9.59 Å². The van der Waals surface area contributed by atoms with Crippen molar-refractivity contribution in [3.8, 4) is 0 Å². The number of rotatable bonds is 6. The highest BCUT2D eigenvalue weighted by molar-refractivity contribution is 8.01. The fourth-order valence-corrected chi connectivity index (χ4v) is 2.37. The van der Waals surface area contributed by atoms with E-state index in [0.717, 1.165) is 6.42 Å². The van der Waals surface area contributed by atoms with Gasteiger partial charge in [-0.1, -0.05) is 30.0 Å². The van der Waals surface area contributed by atoms with Gasteiger partial charge in [0.1, 0.15) is 0 Å². The molecular weight excluding hydrogens is 248 g/mol. The fourth-order valence-electron chi connectivity index (χ4n) is 0.860. The number of anilines is 1. The predicted molar refractivity (Wildman–Crippen MR) is 63.4 cm³/mol. The largest absolute Gasteiger partial charge is 0.369 e. The van der Waals surface area contributed by atoms with E-state index in [1.807, 2.05) is 6.92 Å². The number of carbonyl (C=O) groups excluding carboxylic acids is 2. The lowest BCUT2D eigenvalue weighted by Crippen LogP contribution is -2.12. The van der Waals surface area contributed by atoms with Gasteiger partial charge in [-0.15, -0.1) is 10.2 Å². The molecule has 0 aliphatic rings. The maximum atomic E-state index is 11.2. The molecule has 16 heavy (non-hydrogen) atoms. The van der Waals surface area contributed by atoms with E-state index in [9.17, 15) is 9.59 Å². The summed E-state index contributed by atoms with van der Waals surface area (Å²) in [5.74, 6) is -0.320. The van der Waals surface area contributed by atoms with Crippen LogP contribution in [0, 0.1) is 0 Å². The minimum atomic E-state index is -0.406. The zero-order chi connectivity index (χ0) is 12.0. The Morgan fingerprint density at radius 3 is 2.88 bits per heavy atom. The van der Waals surface area contributed by atoms with E-state index in [4.69, 9.17) is 5.73 Å². The van der Waals surface area contributed by atoms with Crippen LogP contribution < -0.4 is 11.1 Å². The van der Waals surface area contributed by atoms with Crippen LogP contribution in [0.4, 0.5) is 5.13 Å². The number of aromatic nitrogens is 2. The molecule has 8 heteroatoms. The van der Waals surface area contributed by atoms with E-state index in [2.05, 4.69) is 15.5 Å². The third-order valence-electron chi connectivity index (χ3n) is 1.47. The number of nitrogens with two attached hydrogens (primary N) is 1. The van der Waals surface area contributed by atoms with Gasteiger partial charge >= 0.3 is 0 Å². The van der Waals surface area contributed by atoms with Gasteiger partial charge in [0.05, 0.1) is 5.75 Å². The molecule has 0 fully saturated rings. The van der Waals surface area contributed by atoms with Crippen LogP contribution in [0.3, 0.4) is 0 Å². The molecular formula is C8H12N4O2S2. The van der Waals surface area contributed by atoms with E-state index < -0.39 is 5.91 Å². The highest BCUT2D eigenvalue weighted by Gasteiger charge is 2.08. The normalized spacial score (nSPS) is 10.1. The molecule has 1 rings (SSSR count). The van der Waals surface area contributed by atoms with Crippen LogP contribution in [-0.4, -0.2) is 27.8 Å². The number of hydrogen-bond donors (Lipinski definition) is 2. The lowest BCUT2D eigenvalue weighted by atomic mass is 10.3. The van der Waals surface area contributed by atoms with Gasteiger partial charge in [-0.3, -0.25) is 9.59 Å². The van der Waals surface area contributed by atoms with Crippen molar-refractivity contribution in [1.29, 1.82) is 0 Å². The number of amides is 2. The molecule has 0 unspecified atom stereocenters. The Hall–Kier alpha value is -1.15. The summed E-state index contributed by atoms with van der Waals surface area (Å²) in [7, 11) is 0. The van der Waals surface area contributed by atoms with Gasteiger partial charge < -0.3 is 11.1 Å². The minimum Gasteiger partial charge on any atom is -0.369 e. The SMILES string of the molecule is CCCC(=O)Nc1nnc(SCC(N)=O)s1. The van der Waals surface area contributed by atoms with Crippen molar-refractivity contribution >= 4 is 40.0 Å². The number of primary amides is 1. The van der Waals surface area contributed by atoms with Crippen LogP contribution >= 0.6 is 23.1 Å². The second-order valence-electron chi connectivity index (χ2n) is 2.93. The number of thioether (sulfide) groups is 1. The monoisotopic (exact) mass is 260 g/mol. The first-order chi connectivity index (χ1) is 7.61. The zero-order valence-electron chi connectivity index (χ0n) is 8.73. The van der Waals surface area contributed by atoms with Crippen molar-refractivity contribution in [2.45, 2.75) is 24.1 Å². The van der Waals surface area contributed by atoms with Crippen molar-refractivity contribution in [1.82, 2.24) is 10.2 Å².